The summed E-state index contributed by atoms with van der Waals surface area (Å²) >= 11 is 1.26. The predicted octanol–water partition coefficient (Wildman–Crippen LogP) is 4.64. The maximum Gasteiger partial charge on any atom is 0.223 e. The number of aromatic nitrogens is 3. The van der Waals surface area contributed by atoms with E-state index in [2.05, 4.69) is 15.3 Å². The molecule has 0 radical (unpaired) electrons. The maximum absolute atomic E-state index is 13.3. The third-order valence-electron chi connectivity index (χ3n) is 4.41. The van der Waals surface area contributed by atoms with Gasteiger partial charge in [-0.3, -0.25) is 9.36 Å². The van der Waals surface area contributed by atoms with Crippen molar-refractivity contribution < 1.29 is 9.18 Å². The molecular weight excluding hydrogens is 389 g/mol. The lowest BCUT2D eigenvalue weighted by Crippen LogP contribution is -2.10. The average molecular weight is 407 g/mol. The number of rotatable bonds is 5. The second kappa shape index (κ2) is 7.48. The standard InChI is InChI=1S/C21H18FN5OS/c1-12-3-7-15(8-4-12)26-21-25-13(2)19(29-21)18(28)17-11-24-20(23)27(17)16-9-5-14(22)6-10-16/h3-11H,1-2H3,(H2,23,24)(H,25,26). The quantitative estimate of drug-likeness (QED) is 0.471. The van der Waals surface area contributed by atoms with Crippen LogP contribution in [0, 0.1) is 19.7 Å². The molecule has 8 heteroatoms. The molecule has 0 bridgehead atoms. The Morgan fingerprint density at radius 3 is 2.48 bits per heavy atom. The molecule has 0 unspecified atom stereocenters. The van der Waals surface area contributed by atoms with Gasteiger partial charge in [-0.2, -0.15) is 0 Å². The highest BCUT2D eigenvalue weighted by Gasteiger charge is 2.23. The van der Waals surface area contributed by atoms with Crippen LogP contribution in [0.2, 0.25) is 0 Å². The number of thiazole rings is 1. The topological polar surface area (TPSA) is 85.8 Å². The van der Waals surface area contributed by atoms with Crippen molar-refractivity contribution in [3.8, 4) is 5.69 Å². The van der Waals surface area contributed by atoms with E-state index in [0.717, 1.165) is 11.3 Å². The Balaban J connectivity index is 1.66. The van der Waals surface area contributed by atoms with Gasteiger partial charge in [0.1, 0.15) is 16.4 Å². The second-order valence-corrected chi connectivity index (χ2v) is 7.57. The van der Waals surface area contributed by atoms with Gasteiger partial charge in [-0.25, -0.2) is 14.4 Å². The summed E-state index contributed by atoms with van der Waals surface area (Å²) in [5.74, 6) is -0.462. The molecule has 0 aliphatic heterocycles. The summed E-state index contributed by atoms with van der Waals surface area (Å²) in [7, 11) is 0. The van der Waals surface area contributed by atoms with Crippen molar-refractivity contribution in [2.45, 2.75) is 13.8 Å². The van der Waals surface area contributed by atoms with E-state index in [1.807, 2.05) is 31.2 Å². The number of ketones is 1. The summed E-state index contributed by atoms with van der Waals surface area (Å²) in [6.45, 7) is 3.80. The molecular formula is C21H18FN5OS. The van der Waals surface area contributed by atoms with E-state index in [1.165, 1.54) is 34.2 Å². The van der Waals surface area contributed by atoms with Gasteiger partial charge in [0.15, 0.2) is 5.13 Å². The van der Waals surface area contributed by atoms with Crippen LogP contribution in [-0.4, -0.2) is 20.3 Å². The van der Waals surface area contributed by atoms with E-state index in [-0.39, 0.29) is 17.5 Å². The van der Waals surface area contributed by atoms with Crippen molar-refractivity contribution in [1.29, 1.82) is 0 Å². The van der Waals surface area contributed by atoms with Crippen LogP contribution in [0.1, 0.15) is 26.6 Å². The molecule has 29 heavy (non-hydrogen) atoms. The van der Waals surface area contributed by atoms with Gasteiger partial charge in [0.25, 0.3) is 0 Å². The smallest absolute Gasteiger partial charge is 0.223 e. The number of nitrogens with two attached hydrogens (primary N) is 1. The molecule has 0 aliphatic rings. The van der Waals surface area contributed by atoms with Gasteiger partial charge in [0, 0.05) is 11.4 Å². The summed E-state index contributed by atoms with van der Waals surface area (Å²) in [6, 6.07) is 13.6. The molecule has 0 amide bonds. The third-order valence-corrected chi connectivity index (χ3v) is 5.48. The minimum atomic E-state index is -0.370. The number of aryl methyl sites for hydroxylation is 2. The predicted molar refractivity (Wildman–Crippen MR) is 113 cm³/mol. The van der Waals surface area contributed by atoms with E-state index in [4.69, 9.17) is 5.73 Å². The van der Waals surface area contributed by atoms with Gasteiger partial charge < -0.3 is 11.1 Å². The van der Waals surface area contributed by atoms with Crippen molar-refractivity contribution in [3.05, 3.63) is 82.4 Å². The van der Waals surface area contributed by atoms with Crippen LogP contribution in [0.4, 0.5) is 21.2 Å². The molecule has 0 atom stereocenters. The maximum atomic E-state index is 13.3. The third kappa shape index (κ3) is 3.74. The molecule has 2 aromatic carbocycles. The zero-order valence-corrected chi connectivity index (χ0v) is 16.6. The number of benzene rings is 2. The summed E-state index contributed by atoms with van der Waals surface area (Å²) in [4.78, 5) is 22.2. The highest BCUT2D eigenvalue weighted by atomic mass is 32.1. The molecule has 2 heterocycles. The highest BCUT2D eigenvalue weighted by Crippen LogP contribution is 2.29. The van der Waals surface area contributed by atoms with Gasteiger partial charge in [-0.1, -0.05) is 29.0 Å². The van der Waals surface area contributed by atoms with Gasteiger partial charge in [0.05, 0.1) is 11.9 Å². The largest absolute Gasteiger partial charge is 0.369 e. The Labute approximate surface area is 170 Å². The molecule has 0 saturated heterocycles. The number of halogens is 1. The number of nitrogens with one attached hydrogen (secondary N) is 1. The minimum absolute atomic E-state index is 0.153. The zero-order valence-electron chi connectivity index (χ0n) is 15.8. The van der Waals surface area contributed by atoms with Crippen LogP contribution in [-0.2, 0) is 0 Å². The van der Waals surface area contributed by atoms with Crippen LogP contribution in [0.3, 0.4) is 0 Å². The Morgan fingerprint density at radius 1 is 1.10 bits per heavy atom. The van der Waals surface area contributed by atoms with Crippen LogP contribution < -0.4 is 11.1 Å². The van der Waals surface area contributed by atoms with E-state index in [1.54, 1.807) is 19.1 Å². The summed E-state index contributed by atoms with van der Waals surface area (Å²) in [5, 5.41) is 3.84. The molecule has 6 nitrogen and oxygen atoms in total. The van der Waals surface area contributed by atoms with Crippen molar-refractivity contribution >= 4 is 33.9 Å². The lowest BCUT2D eigenvalue weighted by atomic mass is 10.2. The van der Waals surface area contributed by atoms with Crippen molar-refractivity contribution in [2.75, 3.05) is 11.1 Å². The number of nitrogen functional groups attached to an aromatic ring is 1. The number of carbonyl (C=O) groups excluding carboxylic acids is 1. The molecule has 3 N–H and O–H groups in total. The molecule has 4 rings (SSSR count). The Kier molecular flexibility index (Phi) is 4.85. The first-order valence-electron chi connectivity index (χ1n) is 8.87. The van der Waals surface area contributed by atoms with Crippen molar-refractivity contribution in [1.82, 2.24) is 14.5 Å². The number of hydrogen-bond donors (Lipinski definition) is 2. The van der Waals surface area contributed by atoms with Gasteiger partial charge in [-0.15, -0.1) is 0 Å². The fourth-order valence-electron chi connectivity index (χ4n) is 2.93. The number of imidazole rings is 1. The molecule has 0 aliphatic carbocycles. The molecule has 0 saturated carbocycles. The fraction of sp³-hybridized carbons (Fsp3) is 0.0952. The summed E-state index contributed by atoms with van der Waals surface area (Å²) < 4.78 is 14.8. The molecule has 2 aromatic heterocycles. The van der Waals surface area contributed by atoms with Crippen molar-refractivity contribution in [2.24, 2.45) is 0 Å². The number of hydrogen-bond acceptors (Lipinski definition) is 6. The van der Waals surface area contributed by atoms with Crippen LogP contribution in [0.15, 0.2) is 54.7 Å². The van der Waals surface area contributed by atoms with Crippen LogP contribution >= 0.6 is 11.3 Å². The van der Waals surface area contributed by atoms with E-state index < -0.39 is 0 Å². The Bertz CT molecular complexity index is 1180. The fourth-order valence-corrected chi connectivity index (χ4v) is 3.86. The number of carbonyl (C=O) groups is 1. The van der Waals surface area contributed by atoms with Crippen LogP contribution in [0.25, 0.3) is 5.69 Å². The first kappa shape index (κ1) is 18.8. The van der Waals surface area contributed by atoms with Gasteiger partial charge in [-0.05, 0) is 50.2 Å². The van der Waals surface area contributed by atoms with Crippen molar-refractivity contribution in [3.63, 3.8) is 0 Å². The van der Waals surface area contributed by atoms with Gasteiger partial charge >= 0.3 is 0 Å². The lowest BCUT2D eigenvalue weighted by molar-refractivity contribution is 0.103. The first-order chi connectivity index (χ1) is 13.9. The lowest BCUT2D eigenvalue weighted by Gasteiger charge is -2.08. The highest BCUT2D eigenvalue weighted by molar-refractivity contribution is 7.17. The SMILES string of the molecule is Cc1ccc(Nc2nc(C)c(C(=O)c3cnc(N)n3-c3ccc(F)cc3)s2)cc1. The Morgan fingerprint density at radius 2 is 1.79 bits per heavy atom. The summed E-state index contributed by atoms with van der Waals surface area (Å²) in [6.07, 6.45) is 1.42. The summed E-state index contributed by atoms with van der Waals surface area (Å²) in [5.41, 5.74) is 9.48. The zero-order chi connectivity index (χ0) is 20.5. The second-order valence-electron chi connectivity index (χ2n) is 6.57. The van der Waals surface area contributed by atoms with Crippen LogP contribution in [0.5, 0.6) is 0 Å². The van der Waals surface area contributed by atoms with E-state index >= 15 is 0 Å². The monoisotopic (exact) mass is 407 g/mol. The molecule has 146 valence electrons. The molecule has 0 spiro atoms. The molecule has 4 aromatic rings. The Hall–Kier alpha value is -3.52. The number of nitrogens with zero attached hydrogens (tertiary/aromatic N) is 3. The van der Waals surface area contributed by atoms with E-state index in [0.29, 0.717) is 27.1 Å². The first-order valence-corrected chi connectivity index (χ1v) is 9.69. The van der Waals surface area contributed by atoms with E-state index in [9.17, 15) is 9.18 Å². The normalized spacial score (nSPS) is 10.9. The molecule has 0 fully saturated rings. The van der Waals surface area contributed by atoms with Gasteiger partial charge in [0.2, 0.25) is 11.7 Å². The minimum Gasteiger partial charge on any atom is -0.369 e. The average Bonchev–Trinajstić information content (AvgIpc) is 3.26. The number of anilines is 3.